The Hall–Kier alpha value is -2.24. The Morgan fingerprint density at radius 2 is 2.40 bits per heavy atom. The molecule has 2 N–H and O–H groups in total. The maximum Gasteiger partial charge on any atom is 0.178 e. The highest BCUT2D eigenvalue weighted by atomic mass is 19.1. The summed E-state index contributed by atoms with van der Waals surface area (Å²) in [6.45, 7) is 4.60. The number of nitrogens with zero attached hydrogens (tertiary/aromatic N) is 2. The Bertz CT molecular complexity index is 585. The highest BCUT2D eigenvalue weighted by molar-refractivity contribution is 5.67. The van der Waals surface area contributed by atoms with Crippen LogP contribution in [0.3, 0.4) is 0 Å². The van der Waals surface area contributed by atoms with Gasteiger partial charge >= 0.3 is 0 Å². The fourth-order valence-corrected chi connectivity index (χ4v) is 2.38. The number of ether oxygens (including phenoxy) is 1. The molecule has 0 radical (unpaired) electrons. The minimum atomic E-state index is -0.326. The van der Waals surface area contributed by atoms with Crippen molar-refractivity contribution in [3.63, 3.8) is 0 Å². The van der Waals surface area contributed by atoms with Gasteiger partial charge in [0.05, 0.1) is 30.8 Å². The van der Waals surface area contributed by atoms with E-state index in [0.29, 0.717) is 18.9 Å². The average Bonchev–Trinajstić information content (AvgIpc) is 2.93. The van der Waals surface area contributed by atoms with E-state index in [1.165, 1.54) is 6.07 Å². The first-order chi connectivity index (χ1) is 9.78. The number of benzene rings is 1. The van der Waals surface area contributed by atoms with Crippen molar-refractivity contribution in [3.8, 4) is 5.75 Å². The van der Waals surface area contributed by atoms with Crippen LogP contribution in [0.1, 0.15) is 12.6 Å². The van der Waals surface area contributed by atoms with E-state index in [4.69, 9.17) is 4.74 Å². The van der Waals surface area contributed by atoms with Gasteiger partial charge in [-0.3, -0.25) is 0 Å². The van der Waals surface area contributed by atoms with Crippen molar-refractivity contribution in [1.29, 1.82) is 0 Å². The fourth-order valence-electron chi connectivity index (χ4n) is 2.38. The van der Waals surface area contributed by atoms with Gasteiger partial charge in [0.1, 0.15) is 6.61 Å². The van der Waals surface area contributed by atoms with Gasteiger partial charge in [0.2, 0.25) is 0 Å². The zero-order chi connectivity index (χ0) is 13.9. The summed E-state index contributed by atoms with van der Waals surface area (Å²) in [6, 6.07) is 3.40. The van der Waals surface area contributed by atoms with E-state index in [2.05, 4.69) is 20.2 Å². The van der Waals surface area contributed by atoms with Crippen LogP contribution < -0.4 is 15.0 Å². The summed E-state index contributed by atoms with van der Waals surface area (Å²) in [5.41, 5.74) is 2.54. The largest absolute Gasteiger partial charge is 0.486 e. The molecular formula is C14H17FN4O. The minimum absolute atomic E-state index is 0.326. The van der Waals surface area contributed by atoms with E-state index in [9.17, 15) is 4.39 Å². The Balaban J connectivity index is 1.93. The van der Waals surface area contributed by atoms with Crippen molar-refractivity contribution >= 4 is 11.4 Å². The van der Waals surface area contributed by atoms with Gasteiger partial charge in [-0.15, -0.1) is 0 Å². The van der Waals surface area contributed by atoms with Crippen LogP contribution in [-0.2, 0) is 6.54 Å². The number of fused-ring (bicyclic) bond motifs is 1. The molecule has 1 aliphatic rings. The van der Waals surface area contributed by atoms with Gasteiger partial charge in [0, 0.05) is 24.5 Å². The van der Waals surface area contributed by atoms with Crippen LogP contribution in [-0.4, -0.2) is 29.7 Å². The van der Waals surface area contributed by atoms with Gasteiger partial charge in [-0.1, -0.05) is 0 Å². The predicted octanol–water partition coefficient (Wildman–Crippen LogP) is 2.38. The van der Waals surface area contributed by atoms with Crippen molar-refractivity contribution in [2.45, 2.75) is 13.5 Å². The van der Waals surface area contributed by atoms with Gasteiger partial charge in [-0.2, -0.15) is 0 Å². The number of aromatic nitrogens is 2. The summed E-state index contributed by atoms with van der Waals surface area (Å²) in [5.74, 6) is 0.00480. The lowest BCUT2D eigenvalue weighted by Gasteiger charge is -2.31. The SMILES string of the molecule is CCNc1cc(F)c2c(c1)N(Cc1cnc[nH]1)CCO2. The van der Waals surface area contributed by atoms with Crippen molar-refractivity contribution < 1.29 is 9.13 Å². The number of anilines is 2. The molecule has 5 nitrogen and oxygen atoms in total. The predicted molar refractivity (Wildman–Crippen MR) is 75.7 cm³/mol. The van der Waals surface area contributed by atoms with Crippen LogP contribution in [0.2, 0.25) is 0 Å². The van der Waals surface area contributed by atoms with Gasteiger partial charge in [-0.05, 0) is 13.0 Å². The maximum absolute atomic E-state index is 14.1. The summed E-state index contributed by atoms with van der Waals surface area (Å²) in [5, 5.41) is 3.14. The monoisotopic (exact) mass is 276 g/mol. The van der Waals surface area contributed by atoms with Crippen LogP contribution >= 0.6 is 0 Å². The molecule has 0 saturated carbocycles. The second kappa shape index (κ2) is 5.40. The van der Waals surface area contributed by atoms with Crippen molar-refractivity contribution in [3.05, 3.63) is 36.2 Å². The molecule has 1 aromatic heterocycles. The van der Waals surface area contributed by atoms with E-state index < -0.39 is 0 Å². The summed E-state index contributed by atoms with van der Waals surface area (Å²) < 4.78 is 19.6. The maximum atomic E-state index is 14.1. The van der Waals surface area contributed by atoms with Crippen molar-refractivity contribution in [1.82, 2.24) is 9.97 Å². The molecule has 2 heterocycles. The number of nitrogens with one attached hydrogen (secondary N) is 2. The molecule has 0 amide bonds. The van der Waals surface area contributed by atoms with E-state index in [-0.39, 0.29) is 5.82 Å². The normalized spacial score (nSPS) is 13.8. The van der Waals surface area contributed by atoms with Crippen molar-refractivity contribution in [2.75, 3.05) is 29.9 Å². The number of imidazole rings is 1. The van der Waals surface area contributed by atoms with Crippen LogP contribution in [0.25, 0.3) is 0 Å². The van der Waals surface area contributed by atoms with Crippen LogP contribution in [0.5, 0.6) is 5.75 Å². The second-order valence-electron chi connectivity index (χ2n) is 4.68. The number of hydrogen-bond acceptors (Lipinski definition) is 4. The third-order valence-electron chi connectivity index (χ3n) is 3.27. The molecule has 0 fully saturated rings. The third-order valence-corrected chi connectivity index (χ3v) is 3.27. The molecule has 0 aliphatic carbocycles. The average molecular weight is 276 g/mol. The second-order valence-corrected chi connectivity index (χ2v) is 4.68. The first-order valence-corrected chi connectivity index (χ1v) is 6.70. The highest BCUT2D eigenvalue weighted by Crippen LogP contribution is 2.37. The molecule has 1 aromatic carbocycles. The summed E-state index contributed by atoms with van der Waals surface area (Å²) in [4.78, 5) is 9.17. The third kappa shape index (κ3) is 2.41. The molecule has 2 aromatic rings. The van der Waals surface area contributed by atoms with Gasteiger partial charge < -0.3 is 19.9 Å². The Kier molecular flexibility index (Phi) is 3.45. The lowest BCUT2D eigenvalue weighted by molar-refractivity contribution is 0.291. The number of H-pyrrole nitrogens is 1. The molecule has 6 heteroatoms. The smallest absolute Gasteiger partial charge is 0.178 e. The van der Waals surface area contributed by atoms with E-state index in [1.807, 2.05) is 13.0 Å². The van der Waals surface area contributed by atoms with Gasteiger partial charge in [0.25, 0.3) is 0 Å². The zero-order valence-electron chi connectivity index (χ0n) is 11.3. The van der Waals surface area contributed by atoms with E-state index in [0.717, 1.165) is 30.2 Å². The summed E-state index contributed by atoms with van der Waals surface area (Å²) in [7, 11) is 0. The Labute approximate surface area is 116 Å². The molecule has 20 heavy (non-hydrogen) atoms. The number of halogens is 1. The topological polar surface area (TPSA) is 53.2 Å². The number of hydrogen-bond donors (Lipinski definition) is 2. The first kappa shape index (κ1) is 12.8. The zero-order valence-corrected chi connectivity index (χ0v) is 11.3. The quantitative estimate of drug-likeness (QED) is 0.900. The standard InChI is InChI=1S/C14H17FN4O/c1-2-17-10-5-12(15)14-13(6-10)19(3-4-20-14)8-11-7-16-9-18-11/h5-7,9,17H,2-4,8H2,1H3,(H,16,18). The molecular weight excluding hydrogens is 259 g/mol. The number of aromatic amines is 1. The van der Waals surface area contributed by atoms with E-state index in [1.54, 1.807) is 12.5 Å². The molecule has 0 bridgehead atoms. The molecule has 0 saturated heterocycles. The molecule has 0 atom stereocenters. The van der Waals surface area contributed by atoms with Crippen LogP contribution in [0.15, 0.2) is 24.7 Å². The number of rotatable bonds is 4. The van der Waals surface area contributed by atoms with Crippen LogP contribution in [0, 0.1) is 5.82 Å². The molecule has 3 rings (SSSR count). The fraction of sp³-hybridized carbons (Fsp3) is 0.357. The lowest BCUT2D eigenvalue weighted by Crippen LogP contribution is -2.32. The highest BCUT2D eigenvalue weighted by Gasteiger charge is 2.22. The van der Waals surface area contributed by atoms with Gasteiger partial charge in [0.15, 0.2) is 11.6 Å². The molecule has 1 aliphatic heterocycles. The lowest BCUT2D eigenvalue weighted by atomic mass is 10.2. The minimum Gasteiger partial charge on any atom is -0.486 e. The first-order valence-electron chi connectivity index (χ1n) is 6.70. The van der Waals surface area contributed by atoms with Gasteiger partial charge in [-0.25, -0.2) is 9.37 Å². The molecule has 0 spiro atoms. The summed E-state index contributed by atoms with van der Waals surface area (Å²) >= 11 is 0. The summed E-state index contributed by atoms with van der Waals surface area (Å²) in [6.07, 6.45) is 3.42. The van der Waals surface area contributed by atoms with Crippen LogP contribution in [0.4, 0.5) is 15.8 Å². The van der Waals surface area contributed by atoms with E-state index >= 15 is 0 Å². The van der Waals surface area contributed by atoms with Crippen molar-refractivity contribution in [2.24, 2.45) is 0 Å². The molecule has 106 valence electrons. The molecule has 0 unspecified atom stereocenters. The Morgan fingerprint density at radius 1 is 1.50 bits per heavy atom. The Morgan fingerprint density at radius 3 is 3.15 bits per heavy atom.